The summed E-state index contributed by atoms with van der Waals surface area (Å²) in [6.07, 6.45) is 0.296. The molecular formula is C6H11NO4. The minimum Gasteiger partial charge on any atom is -0.465 e. The Kier molecular flexibility index (Phi) is 5.14. The van der Waals surface area contributed by atoms with E-state index in [0.717, 1.165) is 0 Å². The number of hydrogen-bond acceptors (Lipinski definition) is 3. The van der Waals surface area contributed by atoms with Gasteiger partial charge in [-0.25, -0.2) is 4.79 Å². The Morgan fingerprint density at radius 2 is 1.91 bits per heavy atom. The van der Waals surface area contributed by atoms with E-state index in [4.69, 9.17) is 15.3 Å². The van der Waals surface area contributed by atoms with E-state index in [-0.39, 0.29) is 19.8 Å². The van der Waals surface area contributed by atoms with Crippen LogP contribution >= 0.6 is 0 Å². The van der Waals surface area contributed by atoms with Crippen LogP contribution < -0.4 is 5.32 Å². The van der Waals surface area contributed by atoms with Crippen molar-refractivity contribution in [1.82, 2.24) is 5.32 Å². The number of rotatable bonds is 4. The Bertz CT molecular complexity index is 149. The zero-order chi connectivity index (χ0) is 8.69. The Balaban J connectivity index is 3.61. The standard InChI is InChI=1S/C6H11NO4/c8-3-5(4-9)1-2-7-6(10)11/h1,7-9H,2-4H2,(H,10,11). The number of nitrogens with one attached hydrogen (secondary N) is 1. The van der Waals surface area contributed by atoms with E-state index >= 15 is 0 Å². The molecule has 0 bridgehead atoms. The largest absolute Gasteiger partial charge is 0.465 e. The van der Waals surface area contributed by atoms with Crippen LogP contribution in [0.2, 0.25) is 0 Å². The van der Waals surface area contributed by atoms with E-state index in [0.29, 0.717) is 5.57 Å². The van der Waals surface area contributed by atoms with Gasteiger partial charge in [0.1, 0.15) is 0 Å². The molecule has 0 heterocycles. The van der Waals surface area contributed by atoms with Crippen molar-refractivity contribution in [3.63, 3.8) is 0 Å². The van der Waals surface area contributed by atoms with Crippen LogP contribution in [-0.4, -0.2) is 41.2 Å². The van der Waals surface area contributed by atoms with Crippen LogP contribution in [0.5, 0.6) is 0 Å². The summed E-state index contributed by atoms with van der Waals surface area (Å²) in [5, 5.41) is 27.1. The minimum atomic E-state index is -1.13. The molecule has 1 amide bonds. The molecule has 5 nitrogen and oxygen atoms in total. The summed E-state index contributed by atoms with van der Waals surface area (Å²) in [6.45, 7) is -0.401. The summed E-state index contributed by atoms with van der Waals surface area (Å²) in [4.78, 5) is 9.89. The van der Waals surface area contributed by atoms with Crippen LogP contribution in [0, 0.1) is 0 Å². The fourth-order valence-electron chi connectivity index (χ4n) is 0.462. The second kappa shape index (κ2) is 5.70. The first kappa shape index (κ1) is 9.93. The van der Waals surface area contributed by atoms with Gasteiger partial charge < -0.3 is 20.6 Å². The van der Waals surface area contributed by atoms with Crippen molar-refractivity contribution in [1.29, 1.82) is 0 Å². The van der Waals surface area contributed by atoms with E-state index in [1.807, 2.05) is 0 Å². The van der Waals surface area contributed by atoms with Crippen LogP contribution in [0.15, 0.2) is 11.6 Å². The van der Waals surface area contributed by atoms with Crippen LogP contribution in [0.1, 0.15) is 0 Å². The van der Waals surface area contributed by atoms with Crippen molar-refractivity contribution >= 4 is 6.09 Å². The van der Waals surface area contributed by atoms with E-state index in [1.54, 1.807) is 0 Å². The Morgan fingerprint density at radius 3 is 2.27 bits per heavy atom. The second-order valence-corrected chi connectivity index (χ2v) is 1.86. The summed E-state index contributed by atoms with van der Waals surface area (Å²) in [7, 11) is 0. The molecule has 0 atom stereocenters. The fourth-order valence-corrected chi connectivity index (χ4v) is 0.462. The van der Waals surface area contributed by atoms with Gasteiger partial charge in [0.05, 0.1) is 13.2 Å². The van der Waals surface area contributed by atoms with Gasteiger partial charge in [-0.1, -0.05) is 6.08 Å². The fraction of sp³-hybridized carbons (Fsp3) is 0.500. The molecule has 0 aromatic carbocycles. The number of carboxylic acid groups (broad SMARTS) is 1. The lowest BCUT2D eigenvalue weighted by molar-refractivity contribution is 0.195. The molecule has 0 aliphatic carbocycles. The van der Waals surface area contributed by atoms with Crippen molar-refractivity contribution in [3.8, 4) is 0 Å². The predicted octanol–water partition coefficient (Wildman–Crippen LogP) is -0.835. The predicted molar refractivity (Wildman–Crippen MR) is 38.3 cm³/mol. The molecule has 0 aromatic rings. The lowest BCUT2D eigenvalue weighted by Gasteiger charge is -1.98. The van der Waals surface area contributed by atoms with Crippen molar-refractivity contribution in [2.24, 2.45) is 0 Å². The van der Waals surface area contributed by atoms with Crippen molar-refractivity contribution in [2.75, 3.05) is 19.8 Å². The molecule has 0 rings (SSSR count). The highest BCUT2D eigenvalue weighted by molar-refractivity contribution is 5.64. The van der Waals surface area contributed by atoms with Crippen molar-refractivity contribution < 1.29 is 20.1 Å². The summed E-state index contributed by atoms with van der Waals surface area (Å²) in [5.41, 5.74) is 0.402. The third-order valence-electron chi connectivity index (χ3n) is 1.05. The third kappa shape index (κ3) is 5.38. The van der Waals surface area contributed by atoms with Gasteiger partial charge in [0, 0.05) is 6.54 Å². The van der Waals surface area contributed by atoms with Crippen LogP contribution in [0.4, 0.5) is 4.79 Å². The van der Waals surface area contributed by atoms with E-state index < -0.39 is 6.09 Å². The molecule has 0 spiro atoms. The quantitative estimate of drug-likeness (QED) is 0.405. The molecular weight excluding hydrogens is 150 g/mol. The third-order valence-corrected chi connectivity index (χ3v) is 1.05. The van der Waals surface area contributed by atoms with Crippen molar-refractivity contribution in [2.45, 2.75) is 0 Å². The summed E-state index contributed by atoms with van der Waals surface area (Å²) < 4.78 is 0. The average Bonchev–Trinajstić information content (AvgIpc) is 1.98. The van der Waals surface area contributed by atoms with E-state index in [9.17, 15) is 4.79 Å². The number of hydrogen-bond donors (Lipinski definition) is 4. The van der Waals surface area contributed by atoms with Gasteiger partial charge in [0.25, 0.3) is 0 Å². The van der Waals surface area contributed by atoms with Crippen LogP contribution in [-0.2, 0) is 0 Å². The van der Waals surface area contributed by atoms with Crippen LogP contribution in [0.25, 0.3) is 0 Å². The van der Waals surface area contributed by atoms with Gasteiger partial charge in [0.2, 0.25) is 0 Å². The van der Waals surface area contributed by atoms with E-state index in [2.05, 4.69) is 5.32 Å². The van der Waals surface area contributed by atoms with Crippen LogP contribution in [0.3, 0.4) is 0 Å². The SMILES string of the molecule is O=C(O)NCC=C(CO)CO. The lowest BCUT2D eigenvalue weighted by atomic mass is 10.3. The van der Waals surface area contributed by atoms with Gasteiger partial charge >= 0.3 is 6.09 Å². The molecule has 11 heavy (non-hydrogen) atoms. The second-order valence-electron chi connectivity index (χ2n) is 1.86. The molecule has 64 valence electrons. The first-order valence-corrected chi connectivity index (χ1v) is 3.07. The molecule has 5 heteroatoms. The average molecular weight is 161 g/mol. The molecule has 0 aliphatic heterocycles. The zero-order valence-corrected chi connectivity index (χ0v) is 5.95. The molecule has 0 unspecified atom stereocenters. The zero-order valence-electron chi connectivity index (χ0n) is 5.95. The minimum absolute atomic E-state index is 0.103. The maximum atomic E-state index is 9.89. The molecule has 0 radical (unpaired) electrons. The topological polar surface area (TPSA) is 89.8 Å². The highest BCUT2D eigenvalue weighted by Gasteiger charge is 1.93. The number of amides is 1. The van der Waals surface area contributed by atoms with Gasteiger partial charge in [0.15, 0.2) is 0 Å². The first-order valence-electron chi connectivity index (χ1n) is 3.07. The number of aliphatic hydroxyl groups excluding tert-OH is 2. The van der Waals surface area contributed by atoms with E-state index in [1.165, 1.54) is 6.08 Å². The maximum absolute atomic E-state index is 9.89. The molecule has 0 saturated carbocycles. The van der Waals surface area contributed by atoms with Gasteiger partial charge in [-0.3, -0.25) is 0 Å². The Labute approximate surface area is 64.0 Å². The van der Waals surface area contributed by atoms with Gasteiger partial charge in [-0.05, 0) is 5.57 Å². The number of aliphatic hydroxyl groups is 2. The molecule has 0 aliphatic rings. The molecule has 0 fully saturated rings. The Morgan fingerprint density at radius 1 is 1.36 bits per heavy atom. The molecule has 4 N–H and O–H groups in total. The molecule has 0 aromatic heterocycles. The summed E-state index contributed by atoms with van der Waals surface area (Å²) in [5.74, 6) is 0. The van der Waals surface area contributed by atoms with Gasteiger partial charge in [-0.2, -0.15) is 0 Å². The normalized spacial score (nSPS) is 8.91. The Hall–Kier alpha value is -1.07. The number of carbonyl (C=O) groups is 1. The summed E-state index contributed by atoms with van der Waals surface area (Å²) >= 11 is 0. The monoisotopic (exact) mass is 161 g/mol. The summed E-state index contributed by atoms with van der Waals surface area (Å²) in [6, 6.07) is 0. The van der Waals surface area contributed by atoms with Crippen molar-refractivity contribution in [3.05, 3.63) is 11.6 Å². The maximum Gasteiger partial charge on any atom is 0.404 e. The molecule has 0 saturated heterocycles. The highest BCUT2D eigenvalue weighted by atomic mass is 16.4. The highest BCUT2D eigenvalue weighted by Crippen LogP contribution is 1.87. The smallest absolute Gasteiger partial charge is 0.404 e. The lowest BCUT2D eigenvalue weighted by Crippen LogP contribution is -2.21. The van der Waals surface area contributed by atoms with Gasteiger partial charge in [-0.15, -0.1) is 0 Å². The first-order chi connectivity index (χ1) is 5.20.